The molecule has 2 N–H and O–H groups in total. The van der Waals surface area contributed by atoms with E-state index in [0.717, 1.165) is 36.2 Å². The van der Waals surface area contributed by atoms with Gasteiger partial charge in [-0.2, -0.15) is 0 Å². The summed E-state index contributed by atoms with van der Waals surface area (Å²) in [5.74, 6) is -0.264. The van der Waals surface area contributed by atoms with Crippen molar-refractivity contribution < 1.29 is 9.90 Å². The number of aromatic nitrogens is 2. The number of para-hydroxylation sites is 2. The fourth-order valence-corrected chi connectivity index (χ4v) is 4.10. The minimum atomic E-state index is -0.985. The van der Waals surface area contributed by atoms with Gasteiger partial charge in [0.05, 0.1) is 22.5 Å². The lowest BCUT2D eigenvalue weighted by atomic mass is 9.98. The molecule has 1 aliphatic carbocycles. The number of carboxylic acid groups (broad SMARTS) is 1. The van der Waals surface area contributed by atoms with E-state index in [1.54, 1.807) is 41.9 Å². The van der Waals surface area contributed by atoms with Crippen LogP contribution in [0, 0.1) is 0 Å². The molecular weight excluding hydrogens is 378 g/mol. The van der Waals surface area contributed by atoms with Crippen LogP contribution in [0.1, 0.15) is 60.4 Å². The van der Waals surface area contributed by atoms with E-state index in [1.165, 1.54) is 6.42 Å². The average Bonchev–Trinajstić information content (AvgIpc) is 2.76. The summed E-state index contributed by atoms with van der Waals surface area (Å²) in [6.45, 7) is 1.95. The molecule has 0 saturated heterocycles. The Kier molecular flexibility index (Phi) is 5.40. The minimum Gasteiger partial charge on any atom is -0.478 e. The SMILES string of the molecule is C[C@@H](Nc1ccccc1C(=O)O)c1cccc2c(=O)n(C)c(C3=CCCCC3)nc12. The molecule has 1 aromatic heterocycles. The Hall–Kier alpha value is -3.41. The summed E-state index contributed by atoms with van der Waals surface area (Å²) in [4.78, 5) is 29.5. The van der Waals surface area contributed by atoms with Crippen LogP contribution in [0.15, 0.2) is 53.3 Å². The molecule has 0 amide bonds. The minimum absolute atomic E-state index is 0.0681. The first-order chi connectivity index (χ1) is 14.5. The second-order valence-corrected chi connectivity index (χ2v) is 7.73. The number of allylic oxidation sites excluding steroid dienone is 2. The van der Waals surface area contributed by atoms with Gasteiger partial charge in [-0.1, -0.05) is 30.3 Å². The molecule has 0 saturated carbocycles. The van der Waals surface area contributed by atoms with Gasteiger partial charge in [0, 0.05) is 18.3 Å². The van der Waals surface area contributed by atoms with Crippen molar-refractivity contribution in [3.63, 3.8) is 0 Å². The van der Waals surface area contributed by atoms with E-state index in [1.807, 2.05) is 19.1 Å². The highest BCUT2D eigenvalue weighted by molar-refractivity contribution is 5.94. The van der Waals surface area contributed by atoms with Crippen LogP contribution in [-0.2, 0) is 7.05 Å². The third-order valence-corrected chi connectivity index (χ3v) is 5.71. The number of nitrogens with zero attached hydrogens (tertiary/aromatic N) is 2. The Morgan fingerprint density at radius 1 is 1.17 bits per heavy atom. The van der Waals surface area contributed by atoms with Gasteiger partial charge in [0.25, 0.3) is 5.56 Å². The van der Waals surface area contributed by atoms with Crippen LogP contribution < -0.4 is 10.9 Å². The van der Waals surface area contributed by atoms with Crippen molar-refractivity contribution in [2.75, 3.05) is 5.32 Å². The summed E-state index contributed by atoms with van der Waals surface area (Å²) >= 11 is 0. The van der Waals surface area contributed by atoms with Crippen molar-refractivity contribution in [1.82, 2.24) is 9.55 Å². The van der Waals surface area contributed by atoms with Gasteiger partial charge in [0.15, 0.2) is 0 Å². The molecule has 30 heavy (non-hydrogen) atoms. The van der Waals surface area contributed by atoms with E-state index in [-0.39, 0.29) is 17.2 Å². The molecule has 0 spiro atoms. The lowest BCUT2D eigenvalue weighted by molar-refractivity contribution is 0.0698. The summed E-state index contributed by atoms with van der Waals surface area (Å²) in [6.07, 6.45) is 6.39. The van der Waals surface area contributed by atoms with Crippen LogP contribution >= 0.6 is 0 Å². The van der Waals surface area contributed by atoms with Crippen molar-refractivity contribution >= 4 is 28.1 Å². The molecule has 0 radical (unpaired) electrons. The smallest absolute Gasteiger partial charge is 0.337 e. The van der Waals surface area contributed by atoms with Gasteiger partial charge >= 0.3 is 5.97 Å². The molecule has 0 unspecified atom stereocenters. The Morgan fingerprint density at radius 2 is 1.97 bits per heavy atom. The molecule has 2 aromatic carbocycles. The number of hydrogen-bond donors (Lipinski definition) is 2. The maximum atomic E-state index is 13.1. The zero-order valence-electron chi connectivity index (χ0n) is 17.2. The maximum absolute atomic E-state index is 13.1. The summed E-state index contributed by atoms with van der Waals surface area (Å²) in [5, 5.41) is 13.3. The molecule has 3 aromatic rings. The summed E-state index contributed by atoms with van der Waals surface area (Å²) in [5.41, 5.74) is 3.32. The van der Waals surface area contributed by atoms with Crippen molar-refractivity contribution in [1.29, 1.82) is 0 Å². The number of hydrogen-bond acceptors (Lipinski definition) is 4. The van der Waals surface area contributed by atoms with Gasteiger partial charge < -0.3 is 10.4 Å². The Labute approximate surface area is 174 Å². The molecule has 154 valence electrons. The van der Waals surface area contributed by atoms with E-state index in [9.17, 15) is 14.7 Å². The fraction of sp³-hybridized carbons (Fsp3) is 0.292. The molecule has 4 rings (SSSR count). The first kappa shape index (κ1) is 19.9. The fourth-order valence-electron chi connectivity index (χ4n) is 4.10. The monoisotopic (exact) mass is 403 g/mol. The van der Waals surface area contributed by atoms with E-state index in [4.69, 9.17) is 4.98 Å². The molecule has 1 heterocycles. The molecule has 6 heteroatoms. The van der Waals surface area contributed by atoms with Gasteiger partial charge in [-0.15, -0.1) is 0 Å². The number of rotatable bonds is 5. The van der Waals surface area contributed by atoms with Gasteiger partial charge in [0.1, 0.15) is 5.82 Å². The molecular formula is C24H25N3O3. The normalized spacial score (nSPS) is 14.9. The van der Waals surface area contributed by atoms with Crippen LogP contribution in [0.4, 0.5) is 5.69 Å². The van der Waals surface area contributed by atoms with Crippen molar-refractivity contribution in [2.24, 2.45) is 7.05 Å². The predicted molar refractivity (Wildman–Crippen MR) is 119 cm³/mol. The molecule has 0 bridgehead atoms. The zero-order valence-corrected chi connectivity index (χ0v) is 17.2. The Bertz CT molecular complexity index is 1210. The number of benzene rings is 2. The second-order valence-electron chi connectivity index (χ2n) is 7.73. The van der Waals surface area contributed by atoms with Crippen molar-refractivity contribution in [2.45, 2.75) is 38.6 Å². The number of anilines is 1. The van der Waals surface area contributed by atoms with Gasteiger partial charge in [-0.25, -0.2) is 9.78 Å². The number of carboxylic acids is 1. The molecule has 0 fully saturated rings. The molecule has 1 atom stereocenters. The third-order valence-electron chi connectivity index (χ3n) is 5.71. The van der Waals surface area contributed by atoms with E-state index in [0.29, 0.717) is 16.6 Å². The highest BCUT2D eigenvalue weighted by Crippen LogP contribution is 2.29. The van der Waals surface area contributed by atoms with Crippen LogP contribution in [0.2, 0.25) is 0 Å². The van der Waals surface area contributed by atoms with Crippen LogP contribution in [0.5, 0.6) is 0 Å². The number of fused-ring (bicyclic) bond motifs is 1. The number of carbonyl (C=O) groups is 1. The highest BCUT2D eigenvalue weighted by atomic mass is 16.4. The maximum Gasteiger partial charge on any atom is 0.337 e. The lowest BCUT2D eigenvalue weighted by Gasteiger charge is -2.20. The summed E-state index contributed by atoms with van der Waals surface area (Å²) < 4.78 is 1.64. The topological polar surface area (TPSA) is 84.2 Å². The molecule has 1 aliphatic rings. The van der Waals surface area contributed by atoms with Crippen LogP contribution in [0.3, 0.4) is 0 Å². The first-order valence-electron chi connectivity index (χ1n) is 10.3. The Morgan fingerprint density at radius 3 is 2.70 bits per heavy atom. The highest BCUT2D eigenvalue weighted by Gasteiger charge is 2.19. The van der Waals surface area contributed by atoms with Gasteiger partial charge in [0.2, 0.25) is 0 Å². The quantitative estimate of drug-likeness (QED) is 0.641. The van der Waals surface area contributed by atoms with Crippen LogP contribution in [-0.4, -0.2) is 20.6 Å². The van der Waals surface area contributed by atoms with Gasteiger partial charge in [-0.05, 0) is 56.4 Å². The summed E-state index contributed by atoms with van der Waals surface area (Å²) in [6, 6.07) is 12.2. The largest absolute Gasteiger partial charge is 0.478 e. The van der Waals surface area contributed by atoms with Crippen LogP contribution in [0.25, 0.3) is 16.5 Å². The van der Waals surface area contributed by atoms with E-state index in [2.05, 4.69) is 11.4 Å². The zero-order chi connectivity index (χ0) is 21.3. The van der Waals surface area contributed by atoms with Crippen molar-refractivity contribution in [3.05, 3.63) is 75.8 Å². The van der Waals surface area contributed by atoms with E-state index >= 15 is 0 Å². The summed E-state index contributed by atoms with van der Waals surface area (Å²) in [7, 11) is 1.77. The second kappa shape index (κ2) is 8.14. The van der Waals surface area contributed by atoms with Gasteiger partial charge in [-0.3, -0.25) is 9.36 Å². The third kappa shape index (κ3) is 3.61. The number of aromatic carboxylic acids is 1. The number of nitrogens with one attached hydrogen (secondary N) is 1. The Balaban J connectivity index is 1.81. The first-order valence-corrected chi connectivity index (χ1v) is 10.3. The van der Waals surface area contributed by atoms with Crippen molar-refractivity contribution in [3.8, 4) is 0 Å². The lowest BCUT2D eigenvalue weighted by Crippen LogP contribution is -2.23. The van der Waals surface area contributed by atoms with E-state index < -0.39 is 5.97 Å². The average molecular weight is 403 g/mol. The standard InChI is InChI=1S/C24H25N3O3/c1-15(25-20-14-7-6-11-18(20)24(29)30)17-12-8-13-19-21(17)26-22(27(2)23(19)28)16-9-4-3-5-10-16/h6-9,11-15,25H,3-5,10H2,1-2H3,(H,29,30)/t15-/m1/s1. The predicted octanol–water partition coefficient (Wildman–Crippen LogP) is 4.76. The molecule has 6 nitrogen and oxygen atoms in total. The molecule has 0 aliphatic heterocycles.